The Balaban J connectivity index is 2.14. The molecule has 0 bridgehead atoms. The van der Waals surface area contributed by atoms with Gasteiger partial charge in [0.2, 0.25) is 0 Å². The molecule has 1 heterocycles. The molecule has 0 atom stereocenters. The molecule has 0 spiro atoms. The second-order valence-corrected chi connectivity index (χ2v) is 4.40. The van der Waals surface area contributed by atoms with E-state index in [4.69, 9.17) is 11.6 Å². The van der Waals surface area contributed by atoms with Crippen LogP contribution in [0.25, 0.3) is 0 Å². The molecule has 1 aromatic heterocycles. The summed E-state index contributed by atoms with van der Waals surface area (Å²) in [5, 5.41) is 3.08. The fourth-order valence-electron chi connectivity index (χ4n) is 1.60. The van der Waals surface area contributed by atoms with E-state index in [2.05, 4.69) is 10.3 Å². The lowest BCUT2D eigenvalue weighted by molar-refractivity contribution is -0.140. The van der Waals surface area contributed by atoms with Gasteiger partial charge in [-0.25, -0.2) is 9.37 Å². The highest BCUT2D eigenvalue weighted by atomic mass is 35.5. The Morgan fingerprint density at radius 2 is 1.90 bits per heavy atom. The number of anilines is 1. The van der Waals surface area contributed by atoms with Crippen LogP contribution >= 0.6 is 11.6 Å². The van der Waals surface area contributed by atoms with Crippen molar-refractivity contribution in [3.05, 3.63) is 58.5 Å². The van der Waals surface area contributed by atoms with E-state index < -0.39 is 17.6 Å². The van der Waals surface area contributed by atoms with Crippen LogP contribution in [0.15, 0.2) is 36.4 Å². The van der Waals surface area contributed by atoms with Gasteiger partial charge in [-0.3, -0.25) is 0 Å². The number of alkyl halides is 3. The zero-order chi connectivity index (χ0) is 14.8. The van der Waals surface area contributed by atoms with Gasteiger partial charge in [0.05, 0.1) is 5.56 Å². The molecular weight excluding hydrogens is 296 g/mol. The first-order chi connectivity index (χ1) is 9.36. The largest absolute Gasteiger partial charge is 0.419 e. The van der Waals surface area contributed by atoms with Gasteiger partial charge in [-0.15, -0.1) is 0 Å². The van der Waals surface area contributed by atoms with Crippen LogP contribution in [0.5, 0.6) is 0 Å². The maximum absolute atomic E-state index is 13.1. The molecule has 7 heteroatoms. The van der Waals surface area contributed by atoms with Crippen molar-refractivity contribution in [3.8, 4) is 0 Å². The predicted molar refractivity (Wildman–Crippen MR) is 68.0 cm³/mol. The van der Waals surface area contributed by atoms with E-state index in [0.29, 0.717) is 11.4 Å². The SMILES string of the molecule is Fc1ccc(CNc2cccc(Cl)n2)cc1C(F)(F)F. The molecule has 0 radical (unpaired) electrons. The molecule has 20 heavy (non-hydrogen) atoms. The molecule has 0 aliphatic carbocycles. The number of nitrogens with one attached hydrogen (secondary N) is 1. The van der Waals surface area contributed by atoms with E-state index in [-0.39, 0.29) is 11.7 Å². The number of aromatic nitrogens is 1. The van der Waals surface area contributed by atoms with Gasteiger partial charge in [-0.05, 0) is 29.8 Å². The van der Waals surface area contributed by atoms with Crippen molar-refractivity contribution in [2.75, 3.05) is 5.32 Å². The lowest BCUT2D eigenvalue weighted by Crippen LogP contribution is -2.10. The standard InChI is InChI=1S/C13H9ClF4N2/c14-11-2-1-3-12(20-11)19-7-8-4-5-10(15)9(6-8)13(16,17)18/h1-6H,7H2,(H,19,20). The lowest BCUT2D eigenvalue weighted by Gasteiger charge is -2.11. The number of hydrogen-bond acceptors (Lipinski definition) is 2. The first-order valence-corrected chi connectivity index (χ1v) is 5.96. The summed E-state index contributed by atoms with van der Waals surface area (Å²) in [6.07, 6.45) is -4.71. The number of pyridine rings is 1. The molecule has 1 N–H and O–H groups in total. The second kappa shape index (κ2) is 5.66. The van der Waals surface area contributed by atoms with Crippen molar-refractivity contribution >= 4 is 17.4 Å². The van der Waals surface area contributed by atoms with E-state index >= 15 is 0 Å². The summed E-state index contributed by atoms with van der Waals surface area (Å²) < 4.78 is 50.8. The Hall–Kier alpha value is -1.82. The minimum absolute atomic E-state index is 0.0801. The third-order valence-electron chi connectivity index (χ3n) is 2.52. The monoisotopic (exact) mass is 304 g/mol. The third-order valence-corrected chi connectivity index (χ3v) is 2.74. The van der Waals surface area contributed by atoms with Crippen LogP contribution in [-0.4, -0.2) is 4.98 Å². The van der Waals surface area contributed by atoms with Gasteiger partial charge in [-0.2, -0.15) is 13.2 Å². The molecule has 0 aliphatic rings. The summed E-state index contributed by atoms with van der Waals surface area (Å²) in [6.45, 7) is 0.0801. The minimum Gasteiger partial charge on any atom is -0.366 e. The highest BCUT2D eigenvalue weighted by Gasteiger charge is 2.34. The molecule has 0 fully saturated rings. The summed E-state index contributed by atoms with van der Waals surface area (Å²) in [5.41, 5.74) is -0.989. The van der Waals surface area contributed by atoms with Crippen LogP contribution in [0.1, 0.15) is 11.1 Å². The topological polar surface area (TPSA) is 24.9 Å². The molecule has 106 valence electrons. The molecule has 0 aliphatic heterocycles. The maximum atomic E-state index is 13.1. The van der Waals surface area contributed by atoms with Crippen molar-refractivity contribution in [1.82, 2.24) is 4.98 Å². The highest BCUT2D eigenvalue weighted by Crippen LogP contribution is 2.32. The summed E-state index contributed by atoms with van der Waals surface area (Å²) in [5.74, 6) is -0.863. The predicted octanol–water partition coefficient (Wildman–Crippen LogP) is 4.51. The summed E-state index contributed by atoms with van der Waals surface area (Å²) in [6, 6.07) is 7.70. The molecule has 0 saturated heterocycles. The zero-order valence-corrected chi connectivity index (χ0v) is 10.8. The minimum atomic E-state index is -4.71. The van der Waals surface area contributed by atoms with Gasteiger partial charge < -0.3 is 5.32 Å². The van der Waals surface area contributed by atoms with Gasteiger partial charge in [-0.1, -0.05) is 23.7 Å². The van der Waals surface area contributed by atoms with Gasteiger partial charge in [0.15, 0.2) is 0 Å². The normalized spacial score (nSPS) is 11.4. The maximum Gasteiger partial charge on any atom is 0.419 e. The van der Waals surface area contributed by atoms with E-state index in [0.717, 1.165) is 12.1 Å². The van der Waals surface area contributed by atoms with E-state index in [1.165, 1.54) is 6.07 Å². The molecule has 0 saturated carbocycles. The number of benzene rings is 1. The average Bonchev–Trinajstić information content (AvgIpc) is 2.36. The Kier molecular flexibility index (Phi) is 4.13. The number of nitrogens with zero attached hydrogens (tertiary/aromatic N) is 1. The summed E-state index contributed by atoms with van der Waals surface area (Å²) in [4.78, 5) is 3.94. The van der Waals surface area contributed by atoms with E-state index in [1.54, 1.807) is 18.2 Å². The quantitative estimate of drug-likeness (QED) is 0.667. The molecular formula is C13H9ClF4N2. The number of hydrogen-bond donors (Lipinski definition) is 1. The molecule has 2 aromatic rings. The zero-order valence-electron chi connectivity index (χ0n) is 10.0. The molecule has 2 nitrogen and oxygen atoms in total. The van der Waals surface area contributed by atoms with Gasteiger partial charge >= 0.3 is 6.18 Å². The Bertz CT molecular complexity index is 614. The van der Waals surface area contributed by atoms with Crippen LogP contribution in [-0.2, 0) is 12.7 Å². The average molecular weight is 305 g/mol. The van der Waals surface area contributed by atoms with E-state index in [9.17, 15) is 17.6 Å². The van der Waals surface area contributed by atoms with Crippen LogP contribution in [0.4, 0.5) is 23.4 Å². The second-order valence-electron chi connectivity index (χ2n) is 4.01. The van der Waals surface area contributed by atoms with Crippen molar-refractivity contribution < 1.29 is 17.6 Å². The first-order valence-electron chi connectivity index (χ1n) is 5.58. The summed E-state index contributed by atoms with van der Waals surface area (Å²) >= 11 is 5.68. The molecule has 2 rings (SSSR count). The van der Waals surface area contributed by atoms with Crippen LogP contribution in [0.3, 0.4) is 0 Å². The fourth-order valence-corrected chi connectivity index (χ4v) is 1.76. The molecule has 0 unspecified atom stereocenters. The Morgan fingerprint density at radius 1 is 1.15 bits per heavy atom. The van der Waals surface area contributed by atoms with Crippen molar-refractivity contribution in [3.63, 3.8) is 0 Å². The lowest BCUT2D eigenvalue weighted by atomic mass is 10.1. The highest BCUT2D eigenvalue weighted by molar-refractivity contribution is 6.29. The van der Waals surface area contributed by atoms with Crippen molar-refractivity contribution in [1.29, 1.82) is 0 Å². The van der Waals surface area contributed by atoms with Crippen molar-refractivity contribution in [2.45, 2.75) is 12.7 Å². The Morgan fingerprint density at radius 3 is 2.55 bits per heavy atom. The van der Waals surface area contributed by atoms with Crippen LogP contribution in [0, 0.1) is 5.82 Å². The third kappa shape index (κ3) is 3.60. The van der Waals surface area contributed by atoms with Crippen molar-refractivity contribution in [2.24, 2.45) is 0 Å². The molecule has 0 amide bonds. The number of halogens is 5. The smallest absolute Gasteiger partial charge is 0.366 e. The van der Waals surface area contributed by atoms with Gasteiger partial charge in [0.1, 0.15) is 16.8 Å². The van der Waals surface area contributed by atoms with Gasteiger partial charge in [0.25, 0.3) is 0 Å². The van der Waals surface area contributed by atoms with Crippen LogP contribution in [0.2, 0.25) is 5.15 Å². The molecule has 1 aromatic carbocycles. The number of rotatable bonds is 3. The van der Waals surface area contributed by atoms with Crippen LogP contribution < -0.4 is 5.32 Å². The summed E-state index contributed by atoms with van der Waals surface area (Å²) in [7, 11) is 0. The first kappa shape index (κ1) is 14.6. The van der Waals surface area contributed by atoms with Gasteiger partial charge in [0, 0.05) is 6.54 Å². The Labute approximate surface area is 117 Å². The van der Waals surface area contributed by atoms with E-state index in [1.807, 2.05) is 0 Å². The fraction of sp³-hybridized carbons (Fsp3) is 0.154.